The van der Waals surface area contributed by atoms with Gasteiger partial charge >= 0.3 is 5.97 Å². The fourth-order valence-electron chi connectivity index (χ4n) is 9.00. The van der Waals surface area contributed by atoms with Crippen molar-refractivity contribution in [2.75, 3.05) is 10.6 Å². The van der Waals surface area contributed by atoms with Gasteiger partial charge < -0.3 is 15.4 Å². The number of anilines is 2. The average molecular weight is 935 g/mol. The second-order valence-electron chi connectivity index (χ2n) is 18.5. The lowest BCUT2D eigenvalue weighted by atomic mass is 9.81. The summed E-state index contributed by atoms with van der Waals surface area (Å²) >= 11 is 0. The summed E-state index contributed by atoms with van der Waals surface area (Å²) in [7, 11) is 0. The zero-order valence-corrected chi connectivity index (χ0v) is 41.3. The lowest BCUT2D eigenvalue weighted by molar-refractivity contribution is 0.0735. The van der Waals surface area contributed by atoms with Gasteiger partial charge in [-0.15, -0.1) is 0 Å². The molecular weight excluding hydrogens is 869 g/mol. The molecule has 360 valence electrons. The van der Waals surface area contributed by atoms with Crippen molar-refractivity contribution in [3.63, 3.8) is 0 Å². The first kappa shape index (κ1) is 50.7. The molecule has 0 bridgehead atoms. The van der Waals surface area contributed by atoms with Crippen molar-refractivity contribution in [1.29, 1.82) is 0 Å². The van der Waals surface area contributed by atoms with Crippen molar-refractivity contribution in [2.24, 2.45) is 0 Å². The molecule has 1 aliphatic carbocycles. The normalized spacial score (nSPS) is 11.9. The molecule has 8 nitrogen and oxygen atoms in total. The van der Waals surface area contributed by atoms with Gasteiger partial charge in [-0.3, -0.25) is 19.2 Å². The number of hydrogen-bond donors (Lipinski definition) is 2. The minimum atomic E-state index is -0.903. The van der Waals surface area contributed by atoms with E-state index in [2.05, 4.69) is 55.7 Å². The summed E-state index contributed by atoms with van der Waals surface area (Å²) in [4.78, 5) is 72.4. The highest BCUT2D eigenvalue weighted by molar-refractivity contribution is 6.34. The van der Waals surface area contributed by atoms with Crippen LogP contribution >= 0.6 is 0 Å². The Hall–Kier alpha value is -7.19. The van der Waals surface area contributed by atoms with E-state index < -0.39 is 29.4 Å². The van der Waals surface area contributed by atoms with Gasteiger partial charge in [-0.05, 0) is 121 Å². The number of amides is 2. The molecule has 0 aliphatic heterocycles. The number of ether oxygens (including phenoxy) is 1. The van der Waals surface area contributed by atoms with Crippen LogP contribution in [0, 0.1) is 6.92 Å². The van der Waals surface area contributed by atoms with Crippen molar-refractivity contribution < 1.29 is 28.7 Å². The topological polar surface area (TPSA) is 119 Å². The van der Waals surface area contributed by atoms with E-state index in [9.17, 15) is 24.0 Å². The Morgan fingerprint density at radius 2 is 1.01 bits per heavy atom. The number of ketones is 2. The zero-order valence-electron chi connectivity index (χ0n) is 41.3. The fourth-order valence-corrected chi connectivity index (χ4v) is 9.00. The van der Waals surface area contributed by atoms with E-state index in [0.717, 1.165) is 85.6 Å². The van der Waals surface area contributed by atoms with E-state index >= 15 is 0 Å². The lowest BCUT2D eigenvalue weighted by Crippen LogP contribution is -2.28. The molecule has 2 amide bonds. The van der Waals surface area contributed by atoms with E-state index in [-0.39, 0.29) is 44.9 Å². The summed E-state index contributed by atoms with van der Waals surface area (Å²) < 4.78 is 6.06. The Bertz CT molecular complexity index is 2840. The Morgan fingerprint density at radius 1 is 0.514 bits per heavy atom. The van der Waals surface area contributed by atoms with Gasteiger partial charge in [0.1, 0.15) is 5.75 Å². The van der Waals surface area contributed by atoms with E-state index in [0.29, 0.717) is 11.1 Å². The minimum Gasteiger partial charge on any atom is -0.423 e. The fraction of sp³-hybridized carbons (Fsp3) is 0.306. The Morgan fingerprint density at radius 3 is 1.56 bits per heavy atom. The Labute approximate surface area is 414 Å². The van der Waals surface area contributed by atoms with Gasteiger partial charge in [-0.1, -0.05) is 170 Å². The number of carbonyl (C=O) groups excluding carboxylic acids is 5. The summed E-state index contributed by atoms with van der Waals surface area (Å²) in [5.74, 6) is -2.93. The maximum atomic E-state index is 14.8. The summed E-state index contributed by atoms with van der Waals surface area (Å²) in [6, 6.07) is 36.1. The van der Waals surface area contributed by atoms with Crippen LogP contribution < -0.4 is 15.4 Å². The minimum absolute atomic E-state index is 0.0591. The second-order valence-corrected chi connectivity index (χ2v) is 18.5. The van der Waals surface area contributed by atoms with Crippen LogP contribution in [0.25, 0.3) is 12.2 Å². The van der Waals surface area contributed by atoms with E-state index in [4.69, 9.17) is 4.74 Å². The monoisotopic (exact) mass is 934 g/mol. The number of rotatable bonds is 23. The standard InChI is InChI=1S/C62H66N2O6/c1-5-8-11-13-15-20-44-29-34-48(35-30-44)60(67)63-54-41-53(62(69)70-50-39-38-47(42(4)40-50)33-28-46-26-24-43(25-27-46)19-10-7-3)57(56-55(54)58(65)51-22-17-18-23-52(51)59(56)66)64-61(68)49-36-31-45(32-37-49)21-16-14-12-9-6-2/h17-18,22-41H,5-16,19-21H2,1-4H3,(H,63,67)(H,64,68). The highest BCUT2D eigenvalue weighted by Gasteiger charge is 2.38. The van der Waals surface area contributed by atoms with Gasteiger partial charge in [-0.25, -0.2) is 4.79 Å². The number of aryl methyl sites for hydroxylation is 4. The van der Waals surface area contributed by atoms with E-state index in [1.807, 2.05) is 49.4 Å². The van der Waals surface area contributed by atoms with Gasteiger partial charge in [0.2, 0.25) is 0 Å². The Kier molecular flexibility index (Phi) is 18.0. The van der Waals surface area contributed by atoms with Crippen molar-refractivity contribution in [2.45, 2.75) is 124 Å². The number of esters is 1. The van der Waals surface area contributed by atoms with Gasteiger partial charge in [0, 0.05) is 22.3 Å². The molecule has 0 heterocycles. The van der Waals surface area contributed by atoms with Crippen molar-refractivity contribution in [3.05, 3.63) is 194 Å². The number of carbonyl (C=O) groups is 5. The molecule has 6 aromatic rings. The summed E-state index contributed by atoms with van der Waals surface area (Å²) in [6.45, 7) is 8.49. The van der Waals surface area contributed by atoms with Crippen molar-refractivity contribution >= 4 is 52.9 Å². The van der Waals surface area contributed by atoms with Crippen molar-refractivity contribution in [3.8, 4) is 5.75 Å². The first-order chi connectivity index (χ1) is 34.1. The van der Waals surface area contributed by atoms with Crippen LogP contribution in [-0.4, -0.2) is 29.4 Å². The predicted octanol–water partition coefficient (Wildman–Crippen LogP) is 15.0. The molecule has 70 heavy (non-hydrogen) atoms. The lowest BCUT2D eigenvalue weighted by Gasteiger charge is -2.25. The molecule has 0 saturated heterocycles. The van der Waals surface area contributed by atoms with Crippen LogP contribution in [0.2, 0.25) is 0 Å². The smallest absolute Gasteiger partial charge is 0.345 e. The molecule has 0 unspecified atom stereocenters. The molecule has 0 fully saturated rings. The molecule has 0 atom stereocenters. The highest BCUT2D eigenvalue weighted by Crippen LogP contribution is 2.40. The predicted molar refractivity (Wildman–Crippen MR) is 284 cm³/mol. The van der Waals surface area contributed by atoms with Gasteiger partial charge in [0.15, 0.2) is 11.6 Å². The van der Waals surface area contributed by atoms with Crippen LogP contribution in [0.1, 0.15) is 194 Å². The largest absolute Gasteiger partial charge is 0.423 e. The summed E-state index contributed by atoms with van der Waals surface area (Å²) in [6.07, 6.45) is 20.7. The second kappa shape index (κ2) is 24.9. The van der Waals surface area contributed by atoms with Crippen molar-refractivity contribution in [1.82, 2.24) is 0 Å². The molecule has 8 heteroatoms. The maximum Gasteiger partial charge on any atom is 0.345 e. The third kappa shape index (κ3) is 12.9. The van der Waals surface area contributed by atoms with Crippen LogP contribution in [0.3, 0.4) is 0 Å². The number of fused-ring (bicyclic) bond motifs is 2. The van der Waals surface area contributed by atoms with Crippen LogP contribution in [0.5, 0.6) is 5.75 Å². The van der Waals surface area contributed by atoms with Crippen LogP contribution in [0.4, 0.5) is 11.4 Å². The van der Waals surface area contributed by atoms with E-state index in [1.54, 1.807) is 60.7 Å². The highest BCUT2D eigenvalue weighted by atomic mass is 16.5. The third-order valence-electron chi connectivity index (χ3n) is 13.2. The SMILES string of the molecule is CCCCCCCc1ccc(C(=O)Nc2cc(C(=O)Oc3ccc(C=Cc4ccc(CCCC)cc4)c(C)c3)c(NC(=O)c3ccc(CCCCCCC)cc3)c3c2C(=O)c2ccccc2C3=O)cc1. The van der Waals surface area contributed by atoms with E-state index in [1.165, 1.54) is 50.2 Å². The quantitative estimate of drug-likeness (QED) is 0.0285. The molecular formula is C62H66N2O6. The number of nitrogens with one attached hydrogen (secondary N) is 2. The first-order valence-electron chi connectivity index (χ1n) is 25.4. The molecule has 0 saturated carbocycles. The molecule has 6 aromatic carbocycles. The third-order valence-corrected chi connectivity index (χ3v) is 13.2. The maximum absolute atomic E-state index is 14.8. The van der Waals surface area contributed by atoms with Gasteiger partial charge in [0.25, 0.3) is 11.8 Å². The summed E-state index contributed by atoms with van der Waals surface area (Å²) in [5.41, 5.74) is 6.43. The molecule has 2 N–H and O–H groups in total. The molecule has 0 spiro atoms. The zero-order chi connectivity index (χ0) is 49.4. The molecule has 0 radical (unpaired) electrons. The van der Waals surface area contributed by atoms with Gasteiger partial charge in [0.05, 0.1) is 28.1 Å². The molecule has 0 aromatic heterocycles. The number of hydrogen-bond acceptors (Lipinski definition) is 6. The Balaban J connectivity index is 1.23. The molecule has 7 rings (SSSR count). The van der Waals surface area contributed by atoms with Crippen LogP contribution in [-0.2, 0) is 19.3 Å². The van der Waals surface area contributed by atoms with Gasteiger partial charge in [-0.2, -0.15) is 0 Å². The van der Waals surface area contributed by atoms with Crippen LogP contribution in [0.15, 0.2) is 121 Å². The average Bonchev–Trinajstić information content (AvgIpc) is 3.37. The number of benzene rings is 6. The number of unbranched alkanes of at least 4 members (excludes halogenated alkanes) is 9. The summed E-state index contributed by atoms with van der Waals surface area (Å²) in [5, 5.41) is 5.74. The molecule has 1 aliphatic rings. The first-order valence-corrected chi connectivity index (χ1v) is 25.4.